The van der Waals surface area contributed by atoms with E-state index < -0.39 is 0 Å². The molecule has 26 heavy (non-hydrogen) atoms. The average molecular weight is 351 g/mol. The number of carbonyl (C=O) groups is 1. The number of nitrogens with zero attached hydrogens (tertiary/aromatic N) is 4. The van der Waals surface area contributed by atoms with Gasteiger partial charge in [0.15, 0.2) is 5.65 Å². The molecule has 0 atom stereocenters. The Balaban J connectivity index is 1.48. The lowest BCUT2D eigenvalue weighted by Crippen LogP contribution is -2.44. The molecular formula is C18H21N7O. The van der Waals surface area contributed by atoms with Gasteiger partial charge in [0.2, 0.25) is 0 Å². The second kappa shape index (κ2) is 6.64. The van der Waals surface area contributed by atoms with E-state index in [2.05, 4.69) is 37.3 Å². The van der Waals surface area contributed by atoms with Crippen LogP contribution in [-0.2, 0) is 0 Å². The van der Waals surface area contributed by atoms with Crippen molar-refractivity contribution in [2.24, 2.45) is 0 Å². The monoisotopic (exact) mass is 351 g/mol. The molecule has 0 aliphatic carbocycles. The SMILES string of the molecule is CN1CCN(c2ccc(NC(=O)c3[nH]nc4ncc(N)cc34)cc2)CC1. The van der Waals surface area contributed by atoms with Crippen molar-refractivity contribution in [2.75, 3.05) is 49.2 Å². The molecule has 0 spiro atoms. The smallest absolute Gasteiger partial charge is 0.274 e. The van der Waals surface area contributed by atoms with Crippen molar-refractivity contribution in [1.29, 1.82) is 0 Å². The van der Waals surface area contributed by atoms with Crippen molar-refractivity contribution in [1.82, 2.24) is 20.1 Å². The highest BCUT2D eigenvalue weighted by Gasteiger charge is 2.16. The van der Waals surface area contributed by atoms with Crippen molar-refractivity contribution < 1.29 is 4.79 Å². The van der Waals surface area contributed by atoms with Gasteiger partial charge < -0.3 is 20.9 Å². The molecule has 1 saturated heterocycles. The number of nitrogens with two attached hydrogens (primary N) is 1. The molecule has 1 fully saturated rings. The number of piperazine rings is 1. The number of rotatable bonds is 3. The molecule has 4 rings (SSSR count). The van der Waals surface area contributed by atoms with Gasteiger partial charge in [-0.05, 0) is 37.4 Å². The number of nitrogen functional groups attached to an aromatic ring is 1. The van der Waals surface area contributed by atoms with Crippen LogP contribution >= 0.6 is 0 Å². The lowest BCUT2D eigenvalue weighted by Gasteiger charge is -2.34. The average Bonchev–Trinajstić information content (AvgIpc) is 3.06. The van der Waals surface area contributed by atoms with E-state index in [0.717, 1.165) is 31.9 Å². The predicted octanol–water partition coefficient (Wildman–Crippen LogP) is 1.54. The van der Waals surface area contributed by atoms with Crippen LogP contribution in [0.5, 0.6) is 0 Å². The minimum atomic E-state index is -0.271. The Kier molecular flexibility index (Phi) is 4.18. The van der Waals surface area contributed by atoms with Gasteiger partial charge in [-0.3, -0.25) is 9.89 Å². The van der Waals surface area contributed by atoms with Gasteiger partial charge in [-0.1, -0.05) is 0 Å². The van der Waals surface area contributed by atoms with Gasteiger partial charge in [-0.2, -0.15) is 5.10 Å². The summed E-state index contributed by atoms with van der Waals surface area (Å²) < 4.78 is 0. The quantitative estimate of drug-likeness (QED) is 0.661. The zero-order valence-electron chi connectivity index (χ0n) is 14.6. The zero-order valence-corrected chi connectivity index (χ0v) is 14.6. The van der Waals surface area contributed by atoms with Crippen LogP contribution in [-0.4, -0.2) is 59.2 Å². The number of hydrogen-bond acceptors (Lipinski definition) is 6. The molecule has 0 bridgehead atoms. The fourth-order valence-corrected chi connectivity index (χ4v) is 3.10. The Morgan fingerprint density at radius 2 is 1.92 bits per heavy atom. The maximum Gasteiger partial charge on any atom is 0.274 e. The summed E-state index contributed by atoms with van der Waals surface area (Å²) in [6.45, 7) is 4.14. The van der Waals surface area contributed by atoms with E-state index in [4.69, 9.17) is 5.73 Å². The van der Waals surface area contributed by atoms with E-state index in [1.165, 1.54) is 11.9 Å². The minimum Gasteiger partial charge on any atom is -0.397 e. The molecule has 0 unspecified atom stereocenters. The number of anilines is 3. The molecule has 0 saturated carbocycles. The summed E-state index contributed by atoms with van der Waals surface area (Å²) in [7, 11) is 2.14. The summed E-state index contributed by atoms with van der Waals surface area (Å²) in [5.41, 5.74) is 8.96. The van der Waals surface area contributed by atoms with E-state index in [1.807, 2.05) is 24.3 Å². The number of carbonyl (C=O) groups excluding carboxylic acids is 1. The Morgan fingerprint density at radius 1 is 1.19 bits per heavy atom. The molecule has 1 amide bonds. The molecular weight excluding hydrogens is 330 g/mol. The maximum atomic E-state index is 12.6. The molecule has 2 aromatic heterocycles. The van der Waals surface area contributed by atoms with Crippen LogP contribution in [0.1, 0.15) is 10.5 Å². The van der Waals surface area contributed by atoms with Gasteiger partial charge in [-0.15, -0.1) is 0 Å². The molecule has 4 N–H and O–H groups in total. The van der Waals surface area contributed by atoms with Crippen LogP contribution in [0.3, 0.4) is 0 Å². The number of amides is 1. The molecule has 3 aromatic rings. The van der Waals surface area contributed by atoms with Gasteiger partial charge in [0.05, 0.1) is 17.3 Å². The third-order valence-electron chi connectivity index (χ3n) is 4.65. The van der Waals surface area contributed by atoms with Gasteiger partial charge in [0.1, 0.15) is 5.69 Å². The summed E-state index contributed by atoms with van der Waals surface area (Å²) in [4.78, 5) is 21.3. The number of H-pyrrole nitrogens is 1. The second-order valence-corrected chi connectivity index (χ2v) is 6.53. The molecule has 1 aliphatic rings. The van der Waals surface area contributed by atoms with Gasteiger partial charge >= 0.3 is 0 Å². The second-order valence-electron chi connectivity index (χ2n) is 6.53. The Bertz CT molecular complexity index is 926. The lowest BCUT2D eigenvalue weighted by molar-refractivity contribution is 0.102. The molecule has 134 valence electrons. The van der Waals surface area contributed by atoms with Crippen molar-refractivity contribution >= 4 is 34.0 Å². The summed E-state index contributed by atoms with van der Waals surface area (Å²) in [5, 5.41) is 10.3. The van der Waals surface area contributed by atoms with Gasteiger partial charge in [0, 0.05) is 37.6 Å². The highest BCUT2D eigenvalue weighted by Crippen LogP contribution is 2.21. The van der Waals surface area contributed by atoms with Crippen LogP contribution in [0.15, 0.2) is 36.5 Å². The number of aromatic nitrogens is 3. The molecule has 1 aliphatic heterocycles. The number of nitrogens with one attached hydrogen (secondary N) is 2. The Labute approximate surface area is 151 Å². The normalized spacial score (nSPS) is 15.3. The number of benzene rings is 1. The van der Waals surface area contributed by atoms with Gasteiger partial charge in [-0.25, -0.2) is 4.98 Å². The fraction of sp³-hybridized carbons (Fsp3) is 0.278. The highest BCUT2D eigenvalue weighted by atomic mass is 16.1. The van der Waals surface area contributed by atoms with E-state index >= 15 is 0 Å². The number of aromatic amines is 1. The largest absolute Gasteiger partial charge is 0.397 e. The summed E-state index contributed by atoms with van der Waals surface area (Å²) in [5.74, 6) is -0.271. The Hall–Kier alpha value is -3.13. The van der Waals surface area contributed by atoms with Crippen molar-refractivity contribution in [3.63, 3.8) is 0 Å². The van der Waals surface area contributed by atoms with Crippen molar-refractivity contribution in [3.8, 4) is 0 Å². The van der Waals surface area contributed by atoms with Crippen LogP contribution < -0.4 is 16.0 Å². The maximum absolute atomic E-state index is 12.6. The highest BCUT2D eigenvalue weighted by molar-refractivity contribution is 6.10. The standard InChI is InChI=1S/C18H21N7O/c1-24-6-8-25(9-7-24)14-4-2-13(3-5-14)21-18(26)16-15-10-12(19)11-20-17(15)23-22-16/h2-5,10-11H,6-9,19H2,1H3,(H,21,26)(H,20,22,23). The third-order valence-corrected chi connectivity index (χ3v) is 4.65. The molecule has 8 heteroatoms. The van der Waals surface area contributed by atoms with Crippen LogP contribution in [0.25, 0.3) is 11.0 Å². The fourth-order valence-electron chi connectivity index (χ4n) is 3.10. The van der Waals surface area contributed by atoms with E-state index in [9.17, 15) is 4.79 Å². The van der Waals surface area contributed by atoms with E-state index in [0.29, 0.717) is 22.4 Å². The number of pyridine rings is 1. The predicted molar refractivity (Wildman–Crippen MR) is 102 cm³/mol. The van der Waals surface area contributed by atoms with Crippen LogP contribution in [0.4, 0.5) is 17.1 Å². The van der Waals surface area contributed by atoms with Crippen LogP contribution in [0.2, 0.25) is 0 Å². The molecule has 0 radical (unpaired) electrons. The first-order valence-electron chi connectivity index (χ1n) is 8.54. The first-order chi connectivity index (χ1) is 12.6. The number of fused-ring (bicyclic) bond motifs is 1. The summed E-state index contributed by atoms with van der Waals surface area (Å²) >= 11 is 0. The van der Waals surface area contributed by atoms with Crippen molar-refractivity contribution in [3.05, 3.63) is 42.2 Å². The topological polar surface area (TPSA) is 103 Å². The lowest BCUT2D eigenvalue weighted by atomic mass is 10.2. The van der Waals surface area contributed by atoms with E-state index in [1.54, 1.807) is 6.07 Å². The summed E-state index contributed by atoms with van der Waals surface area (Å²) in [6.07, 6.45) is 1.52. The molecule has 3 heterocycles. The van der Waals surface area contributed by atoms with Crippen LogP contribution in [0, 0.1) is 0 Å². The molecule has 1 aromatic carbocycles. The third kappa shape index (κ3) is 3.18. The Morgan fingerprint density at radius 3 is 2.65 bits per heavy atom. The van der Waals surface area contributed by atoms with Gasteiger partial charge in [0.25, 0.3) is 5.91 Å². The first kappa shape index (κ1) is 16.3. The minimum absolute atomic E-state index is 0.271. The first-order valence-corrected chi connectivity index (χ1v) is 8.54. The zero-order chi connectivity index (χ0) is 18.1. The number of hydrogen-bond donors (Lipinski definition) is 3. The van der Waals surface area contributed by atoms with Crippen molar-refractivity contribution in [2.45, 2.75) is 0 Å². The number of likely N-dealkylation sites (N-methyl/N-ethyl adjacent to an activating group) is 1. The molecule has 8 nitrogen and oxygen atoms in total. The summed E-state index contributed by atoms with van der Waals surface area (Å²) in [6, 6.07) is 9.59. The van der Waals surface area contributed by atoms with E-state index in [-0.39, 0.29) is 5.91 Å².